The predicted octanol–water partition coefficient (Wildman–Crippen LogP) is 2.12. The van der Waals surface area contributed by atoms with E-state index in [1.54, 1.807) is 12.1 Å². The second-order valence-electron chi connectivity index (χ2n) is 4.18. The van der Waals surface area contributed by atoms with Crippen LogP contribution in [0.3, 0.4) is 0 Å². The predicted molar refractivity (Wildman–Crippen MR) is 67.4 cm³/mol. The molecule has 0 bridgehead atoms. The largest absolute Gasteiger partial charge is 0.508 e. The third kappa shape index (κ3) is 3.51. The Bertz CT molecular complexity index is 297. The number of rotatable bonds is 6. The Labute approximate surface area is 97.9 Å². The van der Waals surface area contributed by atoms with Crippen LogP contribution in [0.1, 0.15) is 31.4 Å². The molecule has 0 heterocycles. The van der Waals surface area contributed by atoms with Crippen LogP contribution in [0.25, 0.3) is 0 Å². The van der Waals surface area contributed by atoms with E-state index in [1.165, 1.54) is 18.4 Å². The van der Waals surface area contributed by atoms with Gasteiger partial charge in [0.25, 0.3) is 0 Å². The highest BCUT2D eigenvalue weighted by atomic mass is 16.3. The summed E-state index contributed by atoms with van der Waals surface area (Å²) in [6, 6.07) is 7.55. The molecule has 90 valence electrons. The molecule has 0 aliphatic carbocycles. The summed E-state index contributed by atoms with van der Waals surface area (Å²) in [5.41, 5.74) is 6.98. The van der Waals surface area contributed by atoms with Crippen LogP contribution in [0.15, 0.2) is 24.3 Å². The van der Waals surface area contributed by atoms with E-state index in [0.29, 0.717) is 12.3 Å². The van der Waals surface area contributed by atoms with Gasteiger partial charge in [-0.1, -0.05) is 25.5 Å². The lowest BCUT2D eigenvalue weighted by atomic mass is 10.1. The van der Waals surface area contributed by atoms with Gasteiger partial charge in [-0.05, 0) is 37.7 Å². The van der Waals surface area contributed by atoms with Crippen molar-refractivity contribution < 1.29 is 5.11 Å². The molecular weight excluding hydrogens is 200 g/mol. The summed E-state index contributed by atoms with van der Waals surface area (Å²) in [4.78, 5) is 2.27. The van der Waals surface area contributed by atoms with Crippen molar-refractivity contribution in [3.05, 3.63) is 29.8 Å². The Balaban J connectivity index is 2.69. The molecule has 3 heteroatoms. The summed E-state index contributed by atoms with van der Waals surface area (Å²) in [6.45, 7) is 3.84. The molecule has 1 aromatic carbocycles. The summed E-state index contributed by atoms with van der Waals surface area (Å²) < 4.78 is 0. The van der Waals surface area contributed by atoms with Crippen LogP contribution in [-0.4, -0.2) is 30.1 Å². The molecular formula is C13H22N2O. The minimum atomic E-state index is 0.243. The Morgan fingerprint density at radius 3 is 2.44 bits per heavy atom. The number of nitrogens with two attached hydrogens (primary N) is 1. The minimum Gasteiger partial charge on any atom is -0.508 e. The second-order valence-corrected chi connectivity index (χ2v) is 4.18. The van der Waals surface area contributed by atoms with E-state index >= 15 is 0 Å². The first-order valence-corrected chi connectivity index (χ1v) is 5.88. The van der Waals surface area contributed by atoms with Gasteiger partial charge < -0.3 is 10.8 Å². The van der Waals surface area contributed by atoms with Crippen molar-refractivity contribution in [2.24, 2.45) is 5.73 Å². The van der Waals surface area contributed by atoms with Crippen molar-refractivity contribution in [2.45, 2.75) is 25.8 Å². The monoisotopic (exact) mass is 222 g/mol. The molecule has 0 saturated heterocycles. The first kappa shape index (κ1) is 13.0. The molecule has 0 fully saturated rings. The number of phenols is 1. The van der Waals surface area contributed by atoms with Crippen LogP contribution in [0.5, 0.6) is 5.75 Å². The SMILES string of the molecule is CCCCN(C)C(CN)c1ccc(O)cc1. The molecule has 16 heavy (non-hydrogen) atoms. The average Bonchev–Trinajstić information content (AvgIpc) is 2.30. The summed E-state index contributed by atoms with van der Waals surface area (Å²) in [5.74, 6) is 0.302. The molecule has 0 aliphatic heterocycles. The van der Waals surface area contributed by atoms with Gasteiger partial charge in [-0.25, -0.2) is 0 Å². The summed E-state index contributed by atoms with van der Waals surface area (Å²) in [7, 11) is 2.10. The highest BCUT2D eigenvalue weighted by Crippen LogP contribution is 2.20. The van der Waals surface area contributed by atoms with Gasteiger partial charge >= 0.3 is 0 Å². The standard InChI is InChI=1S/C13H22N2O/c1-3-4-9-15(2)13(10-14)11-5-7-12(16)8-6-11/h5-8,13,16H,3-4,9-10,14H2,1-2H3. The number of benzene rings is 1. The first-order valence-electron chi connectivity index (χ1n) is 5.88. The number of phenolic OH excluding ortho intramolecular Hbond substituents is 1. The highest BCUT2D eigenvalue weighted by Gasteiger charge is 2.14. The lowest BCUT2D eigenvalue weighted by Crippen LogP contribution is -2.31. The van der Waals surface area contributed by atoms with Crippen LogP contribution in [0.4, 0.5) is 0 Å². The van der Waals surface area contributed by atoms with E-state index in [2.05, 4.69) is 18.9 Å². The first-order chi connectivity index (χ1) is 7.69. The molecule has 0 aromatic heterocycles. The Kier molecular flexibility index (Phi) is 5.29. The summed E-state index contributed by atoms with van der Waals surface area (Å²) in [6.07, 6.45) is 2.38. The second kappa shape index (κ2) is 6.51. The van der Waals surface area contributed by atoms with Gasteiger partial charge in [0.2, 0.25) is 0 Å². The third-order valence-corrected chi connectivity index (χ3v) is 2.90. The van der Waals surface area contributed by atoms with Crippen LogP contribution < -0.4 is 5.73 Å². The zero-order chi connectivity index (χ0) is 12.0. The normalized spacial score (nSPS) is 13.0. The highest BCUT2D eigenvalue weighted by molar-refractivity contribution is 5.28. The molecule has 1 rings (SSSR count). The molecule has 0 aliphatic rings. The summed E-state index contributed by atoms with van der Waals surface area (Å²) >= 11 is 0. The van der Waals surface area contributed by atoms with E-state index < -0.39 is 0 Å². The zero-order valence-electron chi connectivity index (χ0n) is 10.2. The molecule has 1 aromatic rings. The molecule has 0 saturated carbocycles. The van der Waals surface area contributed by atoms with Gasteiger partial charge in [-0.2, -0.15) is 0 Å². The van der Waals surface area contributed by atoms with Crippen molar-refractivity contribution in [1.29, 1.82) is 0 Å². The number of hydrogen-bond donors (Lipinski definition) is 2. The van der Waals surface area contributed by atoms with Crippen molar-refractivity contribution in [3.8, 4) is 5.75 Å². The van der Waals surface area contributed by atoms with Crippen LogP contribution in [0, 0.1) is 0 Å². The van der Waals surface area contributed by atoms with Crippen LogP contribution in [-0.2, 0) is 0 Å². The van der Waals surface area contributed by atoms with E-state index in [9.17, 15) is 5.11 Å². The average molecular weight is 222 g/mol. The van der Waals surface area contributed by atoms with Crippen molar-refractivity contribution in [2.75, 3.05) is 20.1 Å². The number of unbranched alkanes of at least 4 members (excludes halogenated alkanes) is 1. The van der Waals surface area contributed by atoms with Crippen molar-refractivity contribution in [3.63, 3.8) is 0 Å². The van der Waals surface area contributed by atoms with Crippen LogP contribution >= 0.6 is 0 Å². The molecule has 0 amide bonds. The fourth-order valence-corrected chi connectivity index (χ4v) is 1.83. The fraction of sp³-hybridized carbons (Fsp3) is 0.538. The molecule has 1 unspecified atom stereocenters. The van der Waals surface area contributed by atoms with Gasteiger partial charge in [0, 0.05) is 12.6 Å². The zero-order valence-corrected chi connectivity index (χ0v) is 10.2. The van der Waals surface area contributed by atoms with E-state index in [0.717, 1.165) is 6.54 Å². The van der Waals surface area contributed by atoms with Crippen LogP contribution in [0.2, 0.25) is 0 Å². The van der Waals surface area contributed by atoms with Crippen molar-refractivity contribution >= 4 is 0 Å². The van der Waals surface area contributed by atoms with Gasteiger partial charge in [0.15, 0.2) is 0 Å². The van der Waals surface area contributed by atoms with Gasteiger partial charge in [0.05, 0.1) is 0 Å². The smallest absolute Gasteiger partial charge is 0.115 e. The van der Waals surface area contributed by atoms with E-state index in [-0.39, 0.29) is 6.04 Å². The quantitative estimate of drug-likeness (QED) is 0.775. The molecule has 0 spiro atoms. The lowest BCUT2D eigenvalue weighted by molar-refractivity contribution is 0.246. The fourth-order valence-electron chi connectivity index (χ4n) is 1.83. The maximum absolute atomic E-state index is 9.25. The Hall–Kier alpha value is -1.06. The van der Waals surface area contributed by atoms with E-state index in [4.69, 9.17) is 5.73 Å². The molecule has 0 radical (unpaired) electrons. The molecule has 3 N–H and O–H groups in total. The Morgan fingerprint density at radius 1 is 1.31 bits per heavy atom. The van der Waals surface area contributed by atoms with Gasteiger partial charge in [-0.15, -0.1) is 0 Å². The van der Waals surface area contributed by atoms with E-state index in [1.807, 2.05) is 12.1 Å². The lowest BCUT2D eigenvalue weighted by Gasteiger charge is -2.27. The molecule has 3 nitrogen and oxygen atoms in total. The van der Waals surface area contributed by atoms with Gasteiger partial charge in [-0.3, -0.25) is 4.90 Å². The number of likely N-dealkylation sites (N-methyl/N-ethyl adjacent to an activating group) is 1. The number of aromatic hydroxyl groups is 1. The maximum atomic E-state index is 9.25. The number of hydrogen-bond acceptors (Lipinski definition) is 3. The minimum absolute atomic E-state index is 0.243. The number of nitrogens with zero attached hydrogens (tertiary/aromatic N) is 1. The molecule has 1 atom stereocenters. The maximum Gasteiger partial charge on any atom is 0.115 e. The Morgan fingerprint density at radius 2 is 1.94 bits per heavy atom. The summed E-state index contributed by atoms with van der Waals surface area (Å²) in [5, 5.41) is 9.25. The third-order valence-electron chi connectivity index (χ3n) is 2.90. The van der Waals surface area contributed by atoms with Crippen molar-refractivity contribution in [1.82, 2.24) is 4.90 Å². The van der Waals surface area contributed by atoms with Gasteiger partial charge in [0.1, 0.15) is 5.75 Å². The topological polar surface area (TPSA) is 49.5 Å².